The maximum atomic E-state index is 6.42. The Balaban J connectivity index is 1.89. The highest BCUT2D eigenvalue weighted by molar-refractivity contribution is 6.30. The van der Waals surface area contributed by atoms with Gasteiger partial charge in [-0.1, -0.05) is 35.9 Å². The zero-order valence-electron chi connectivity index (χ0n) is 16.0. The van der Waals surface area contributed by atoms with E-state index in [1.54, 1.807) is 14.2 Å². The van der Waals surface area contributed by atoms with Crippen LogP contribution >= 0.6 is 11.6 Å². The molecule has 1 aromatic heterocycles. The largest absolute Gasteiger partial charge is 0.497 e. The van der Waals surface area contributed by atoms with Crippen molar-refractivity contribution in [2.45, 2.75) is 13.0 Å². The summed E-state index contributed by atoms with van der Waals surface area (Å²) in [6.07, 6.45) is 0. The number of ether oxygens (including phenoxy) is 2. The molecule has 5 rings (SSSR count). The molecule has 3 nitrogen and oxygen atoms in total. The molecule has 1 unspecified atom stereocenters. The molecule has 1 aliphatic rings. The Morgan fingerprint density at radius 3 is 2.50 bits per heavy atom. The third-order valence-corrected chi connectivity index (χ3v) is 5.88. The van der Waals surface area contributed by atoms with Crippen LogP contribution in [0.4, 0.5) is 0 Å². The maximum Gasteiger partial charge on any atom is 0.128 e. The highest BCUT2D eigenvalue weighted by atomic mass is 35.5. The lowest BCUT2D eigenvalue weighted by molar-refractivity contribution is 0.389. The van der Waals surface area contributed by atoms with Crippen molar-refractivity contribution in [3.05, 3.63) is 82.5 Å². The topological polar surface area (TPSA) is 23.4 Å². The van der Waals surface area contributed by atoms with E-state index in [2.05, 4.69) is 60.0 Å². The number of rotatable bonds is 3. The Hall–Kier alpha value is -2.91. The fraction of sp³-hybridized carbons (Fsp3) is 0.167. The molecule has 0 radical (unpaired) electrons. The third kappa shape index (κ3) is 2.36. The van der Waals surface area contributed by atoms with Gasteiger partial charge in [0, 0.05) is 27.9 Å². The Labute approximate surface area is 169 Å². The first-order valence-corrected chi connectivity index (χ1v) is 9.62. The summed E-state index contributed by atoms with van der Waals surface area (Å²) >= 11 is 6.42. The van der Waals surface area contributed by atoms with Crippen LogP contribution < -0.4 is 9.47 Å². The minimum Gasteiger partial charge on any atom is -0.497 e. The highest BCUT2D eigenvalue weighted by Gasteiger charge is 2.35. The molecular formula is C24H20ClNO2. The summed E-state index contributed by atoms with van der Waals surface area (Å²) in [6.45, 7) is 2.15. The summed E-state index contributed by atoms with van der Waals surface area (Å²) in [4.78, 5) is 0. The van der Waals surface area contributed by atoms with Crippen LogP contribution in [0.2, 0.25) is 5.02 Å². The fourth-order valence-electron chi connectivity index (χ4n) is 4.48. The minimum absolute atomic E-state index is 0.00976. The Bertz CT molecular complexity index is 1220. The number of methoxy groups -OCH3 is 2. The van der Waals surface area contributed by atoms with Gasteiger partial charge >= 0.3 is 0 Å². The van der Waals surface area contributed by atoms with Gasteiger partial charge in [-0.15, -0.1) is 0 Å². The fourth-order valence-corrected chi connectivity index (χ4v) is 4.66. The van der Waals surface area contributed by atoms with Gasteiger partial charge in [-0.25, -0.2) is 0 Å². The standard InChI is InChI=1S/C24H20ClNO2/c1-14-10-15-6-4-5-7-21(15)26(14)24-20-11-16(25)8-9-18(20)19-12-17(27-2)13-22(28-3)23(19)24/h4-13,24H,1-3H3. The Morgan fingerprint density at radius 1 is 0.893 bits per heavy atom. The molecule has 4 aromatic rings. The first kappa shape index (κ1) is 17.2. The van der Waals surface area contributed by atoms with Crippen LogP contribution in [0.25, 0.3) is 22.0 Å². The molecular weight excluding hydrogens is 370 g/mol. The number of para-hydroxylation sites is 1. The van der Waals surface area contributed by atoms with Crippen molar-refractivity contribution in [2.75, 3.05) is 14.2 Å². The number of aromatic nitrogens is 1. The summed E-state index contributed by atoms with van der Waals surface area (Å²) in [5, 5.41) is 1.96. The van der Waals surface area contributed by atoms with Crippen molar-refractivity contribution < 1.29 is 9.47 Å². The van der Waals surface area contributed by atoms with Gasteiger partial charge < -0.3 is 14.0 Å². The molecule has 4 heteroatoms. The van der Waals surface area contributed by atoms with Crippen LogP contribution in [0.1, 0.15) is 22.9 Å². The van der Waals surface area contributed by atoms with Crippen molar-refractivity contribution in [1.29, 1.82) is 0 Å². The zero-order valence-corrected chi connectivity index (χ0v) is 16.7. The highest BCUT2D eigenvalue weighted by Crippen LogP contribution is 2.52. The Kier molecular flexibility index (Phi) is 3.88. The first-order valence-electron chi connectivity index (χ1n) is 9.24. The third-order valence-electron chi connectivity index (χ3n) is 5.64. The van der Waals surface area contributed by atoms with E-state index in [9.17, 15) is 0 Å². The molecule has 1 heterocycles. The maximum absolute atomic E-state index is 6.42. The molecule has 1 atom stereocenters. The predicted octanol–water partition coefficient (Wildman–Crippen LogP) is 6.24. The molecule has 0 N–H and O–H groups in total. The molecule has 0 fully saturated rings. The van der Waals surface area contributed by atoms with Gasteiger partial charge in [-0.05, 0) is 59.3 Å². The van der Waals surface area contributed by atoms with Crippen molar-refractivity contribution in [2.24, 2.45) is 0 Å². The number of benzene rings is 3. The summed E-state index contributed by atoms with van der Waals surface area (Å²) in [7, 11) is 3.39. The lowest BCUT2D eigenvalue weighted by atomic mass is 10.0. The van der Waals surface area contributed by atoms with Crippen molar-refractivity contribution >= 4 is 22.5 Å². The molecule has 0 spiro atoms. The van der Waals surface area contributed by atoms with Crippen LogP contribution in [-0.4, -0.2) is 18.8 Å². The minimum atomic E-state index is -0.00976. The number of halogens is 1. The lowest BCUT2D eigenvalue weighted by Crippen LogP contribution is -2.12. The van der Waals surface area contributed by atoms with E-state index >= 15 is 0 Å². The van der Waals surface area contributed by atoms with E-state index in [4.69, 9.17) is 21.1 Å². The molecule has 0 amide bonds. The Morgan fingerprint density at radius 2 is 1.71 bits per heavy atom. The number of nitrogens with zero attached hydrogens (tertiary/aromatic N) is 1. The van der Waals surface area contributed by atoms with Crippen molar-refractivity contribution in [3.8, 4) is 22.6 Å². The van der Waals surface area contributed by atoms with E-state index in [0.29, 0.717) is 0 Å². The normalized spacial score (nSPS) is 14.8. The molecule has 1 aliphatic carbocycles. The average molecular weight is 390 g/mol. The van der Waals surface area contributed by atoms with Gasteiger partial charge in [-0.2, -0.15) is 0 Å². The van der Waals surface area contributed by atoms with Crippen molar-refractivity contribution in [3.63, 3.8) is 0 Å². The van der Waals surface area contributed by atoms with Crippen molar-refractivity contribution in [1.82, 2.24) is 4.57 Å². The molecule has 140 valence electrons. The van der Waals surface area contributed by atoms with E-state index < -0.39 is 0 Å². The van der Waals surface area contributed by atoms with Crippen LogP contribution in [0, 0.1) is 6.92 Å². The molecule has 0 saturated heterocycles. The second-order valence-electron chi connectivity index (χ2n) is 7.14. The van der Waals surface area contributed by atoms with Crippen LogP contribution in [-0.2, 0) is 0 Å². The second kappa shape index (κ2) is 6.32. The van der Waals surface area contributed by atoms with E-state index in [-0.39, 0.29) is 6.04 Å². The average Bonchev–Trinajstić information content (AvgIpc) is 3.20. The summed E-state index contributed by atoms with van der Waals surface area (Å²) in [5.41, 5.74) is 7.01. The molecule has 28 heavy (non-hydrogen) atoms. The van der Waals surface area contributed by atoms with E-state index in [1.807, 2.05) is 12.1 Å². The van der Waals surface area contributed by atoms with Gasteiger partial charge in [0.25, 0.3) is 0 Å². The number of hydrogen-bond acceptors (Lipinski definition) is 2. The van der Waals surface area contributed by atoms with Gasteiger partial charge in [0.05, 0.1) is 20.3 Å². The molecule has 0 saturated carbocycles. The molecule has 0 aliphatic heterocycles. The summed E-state index contributed by atoms with van der Waals surface area (Å²) < 4.78 is 13.7. The monoisotopic (exact) mass is 389 g/mol. The quantitative estimate of drug-likeness (QED) is 0.364. The predicted molar refractivity (Wildman–Crippen MR) is 114 cm³/mol. The van der Waals surface area contributed by atoms with Gasteiger partial charge in [0.1, 0.15) is 11.5 Å². The summed E-state index contributed by atoms with van der Waals surface area (Å²) in [5.74, 6) is 1.61. The second-order valence-corrected chi connectivity index (χ2v) is 7.58. The first-order chi connectivity index (χ1) is 13.6. The zero-order chi connectivity index (χ0) is 19.4. The van der Waals surface area contributed by atoms with Gasteiger partial charge in [0.15, 0.2) is 0 Å². The smallest absolute Gasteiger partial charge is 0.128 e. The molecule has 3 aromatic carbocycles. The van der Waals surface area contributed by atoms with Gasteiger partial charge in [-0.3, -0.25) is 0 Å². The summed E-state index contributed by atoms with van der Waals surface area (Å²) in [6, 6.07) is 20.9. The van der Waals surface area contributed by atoms with E-state index in [1.165, 1.54) is 27.7 Å². The number of fused-ring (bicyclic) bond motifs is 4. The number of aryl methyl sites for hydroxylation is 1. The molecule has 0 bridgehead atoms. The SMILES string of the molecule is COc1cc(OC)c2c(c1)-c1ccc(Cl)cc1C2n1c(C)cc2ccccc21. The van der Waals surface area contributed by atoms with Crippen LogP contribution in [0.5, 0.6) is 11.5 Å². The van der Waals surface area contributed by atoms with Crippen LogP contribution in [0.15, 0.2) is 60.7 Å². The van der Waals surface area contributed by atoms with Gasteiger partial charge in [0.2, 0.25) is 0 Å². The lowest BCUT2D eigenvalue weighted by Gasteiger charge is -2.22. The van der Waals surface area contributed by atoms with Crippen LogP contribution in [0.3, 0.4) is 0 Å². The van der Waals surface area contributed by atoms with E-state index in [0.717, 1.165) is 27.6 Å². The number of hydrogen-bond donors (Lipinski definition) is 0.